The molecule has 3 rings (SSSR count). The van der Waals surface area contributed by atoms with Gasteiger partial charge in [0.05, 0.1) is 18.4 Å². The van der Waals surface area contributed by atoms with Crippen molar-refractivity contribution in [3.63, 3.8) is 0 Å². The van der Waals surface area contributed by atoms with E-state index in [2.05, 4.69) is 26.6 Å². The second kappa shape index (κ2) is 9.05. The normalized spacial score (nSPS) is 10.8. The number of methoxy groups -OCH3 is 1. The van der Waals surface area contributed by atoms with Crippen LogP contribution in [0, 0.1) is 25.2 Å². The highest BCUT2D eigenvalue weighted by atomic mass is 32.2. The van der Waals surface area contributed by atoms with Gasteiger partial charge in [-0.3, -0.25) is 14.5 Å². The molecule has 8 nitrogen and oxygen atoms in total. The predicted molar refractivity (Wildman–Crippen MR) is 116 cm³/mol. The van der Waals surface area contributed by atoms with Crippen LogP contribution in [0.4, 0.5) is 5.82 Å². The first-order chi connectivity index (χ1) is 14.3. The number of amides is 1. The number of rotatable bonds is 7. The first kappa shape index (κ1) is 21.5. The van der Waals surface area contributed by atoms with Gasteiger partial charge in [-0.25, -0.2) is 4.98 Å². The number of H-pyrrole nitrogens is 1. The van der Waals surface area contributed by atoms with Crippen LogP contribution in [0.1, 0.15) is 42.4 Å². The Hall–Kier alpha value is -3.25. The third-order valence-corrected chi connectivity index (χ3v) is 5.62. The largest absolute Gasteiger partial charge is 0.497 e. The van der Waals surface area contributed by atoms with Crippen LogP contribution in [-0.4, -0.2) is 38.5 Å². The smallest absolute Gasteiger partial charge is 0.236 e. The molecule has 0 aliphatic carbocycles. The summed E-state index contributed by atoms with van der Waals surface area (Å²) in [6.07, 6.45) is 0. The monoisotopic (exact) mass is 424 g/mol. The van der Waals surface area contributed by atoms with Crippen molar-refractivity contribution in [1.29, 1.82) is 5.26 Å². The maximum absolute atomic E-state index is 12.7. The van der Waals surface area contributed by atoms with Crippen molar-refractivity contribution in [2.45, 2.75) is 38.8 Å². The van der Waals surface area contributed by atoms with Crippen molar-refractivity contribution >= 4 is 23.5 Å². The van der Waals surface area contributed by atoms with Gasteiger partial charge in [-0.15, -0.1) is 5.10 Å². The van der Waals surface area contributed by atoms with Gasteiger partial charge in [-0.2, -0.15) is 5.26 Å². The Morgan fingerprint density at radius 3 is 2.60 bits per heavy atom. The van der Waals surface area contributed by atoms with Gasteiger partial charge in [-0.05, 0) is 43.7 Å². The zero-order chi connectivity index (χ0) is 21.8. The lowest BCUT2D eigenvalue weighted by atomic mass is 10.2. The van der Waals surface area contributed by atoms with E-state index in [9.17, 15) is 10.1 Å². The van der Waals surface area contributed by atoms with Gasteiger partial charge < -0.3 is 10.1 Å². The molecule has 2 N–H and O–H groups in total. The molecule has 0 fully saturated rings. The molecule has 3 aromatic rings. The van der Waals surface area contributed by atoms with Crippen LogP contribution < -0.4 is 10.1 Å². The van der Waals surface area contributed by atoms with Crippen LogP contribution in [0.25, 0.3) is 5.69 Å². The number of benzene rings is 1. The van der Waals surface area contributed by atoms with E-state index in [1.807, 2.05) is 56.5 Å². The minimum atomic E-state index is -0.236. The lowest BCUT2D eigenvalue weighted by molar-refractivity contribution is -0.113. The van der Waals surface area contributed by atoms with Gasteiger partial charge in [0.15, 0.2) is 0 Å². The zero-order valence-electron chi connectivity index (χ0n) is 17.6. The molecule has 156 valence electrons. The Bertz CT molecular complexity index is 1090. The van der Waals surface area contributed by atoms with Crippen LogP contribution in [0.3, 0.4) is 0 Å². The molecule has 0 aliphatic heterocycles. The standard InChI is InChI=1S/C21H24N6O2S/c1-12(2)19-24-21(26-25-19)30-11-18(28)23-20-17(10-22)13(3)14(4)27(20)15-6-8-16(29-5)9-7-15/h6-9,12H,11H2,1-5H3,(H,23,28)(H,24,25,26). The molecule has 0 atom stereocenters. The number of hydrogen-bond acceptors (Lipinski definition) is 6. The number of nitrogens with one attached hydrogen (secondary N) is 2. The highest BCUT2D eigenvalue weighted by Gasteiger charge is 2.21. The number of thioether (sulfide) groups is 1. The number of aromatic amines is 1. The lowest BCUT2D eigenvalue weighted by Gasteiger charge is -2.13. The summed E-state index contributed by atoms with van der Waals surface area (Å²) in [5.74, 6) is 2.10. The van der Waals surface area contributed by atoms with Crippen molar-refractivity contribution in [3.05, 3.63) is 46.9 Å². The van der Waals surface area contributed by atoms with E-state index in [1.165, 1.54) is 11.8 Å². The molecular formula is C21H24N6O2S. The summed E-state index contributed by atoms with van der Waals surface area (Å²) in [7, 11) is 1.61. The highest BCUT2D eigenvalue weighted by Crippen LogP contribution is 2.31. The molecule has 0 radical (unpaired) electrons. The number of hydrogen-bond donors (Lipinski definition) is 2. The summed E-state index contributed by atoms with van der Waals surface area (Å²) in [5, 5.41) is 20.1. The van der Waals surface area contributed by atoms with E-state index in [1.54, 1.807) is 7.11 Å². The maximum atomic E-state index is 12.7. The first-order valence-corrected chi connectivity index (χ1v) is 10.5. The van der Waals surface area contributed by atoms with E-state index in [0.29, 0.717) is 16.5 Å². The Balaban J connectivity index is 1.84. The number of anilines is 1. The summed E-state index contributed by atoms with van der Waals surface area (Å²) in [4.78, 5) is 17.0. The quantitative estimate of drug-likeness (QED) is 0.556. The van der Waals surface area contributed by atoms with Crippen LogP contribution in [0.5, 0.6) is 5.75 Å². The van der Waals surface area contributed by atoms with Gasteiger partial charge >= 0.3 is 0 Å². The van der Waals surface area contributed by atoms with Gasteiger partial charge in [0.25, 0.3) is 0 Å². The number of nitrogens with zero attached hydrogens (tertiary/aromatic N) is 4. The number of aromatic nitrogens is 4. The molecule has 30 heavy (non-hydrogen) atoms. The van der Waals surface area contributed by atoms with E-state index in [4.69, 9.17) is 4.74 Å². The molecule has 2 heterocycles. The highest BCUT2D eigenvalue weighted by molar-refractivity contribution is 7.99. The SMILES string of the molecule is COc1ccc(-n2c(C)c(C)c(C#N)c2NC(=O)CSc2n[nH]c(C(C)C)n2)cc1. The lowest BCUT2D eigenvalue weighted by Crippen LogP contribution is -2.17. The molecule has 0 saturated heterocycles. The average molecular weight is 425 g/mol. The number of carbonyl (C=O) groups excluding carboxylic acids is 1. The molecule has 0 saturated carbocycles. The van der Waals surface area contributed by atoms with Crippen molar-refractivity contribution < 1.29 is 9.53 Å². The Morgan fingerprint density at radius 1 is 1.33 bits per heavy atom. The fourth-order valence-corrected chi connectivity index (χ4v) is 3.60. The molecule has 0 unspecified atom stereocenters. The summed E-state index contributed by atoms with van der Waals surface area (Å²) < 4.78 is 7.10. The van der Waals surface area contributed by atoms with E-state index >= 15 is 0 Å². The number of ether oxygens (including phenoxy) is 1. The summed E-state index contributed by atoms with van der Waals surface area (Å²) in [5.41, 5.74) is 2.99. The number of carbonyl (C=O) groups is 1. The number of nitriles is 1. The fraction of sp³-hybridized carbons (Fsp3) is 0.333. The molecule has 1 aromatic carbocycles. The Labute approximate surface area is 179 Å². The molecule has 2 aromatic heterocycles. The van der Waals surface area contributed by atoms with Crippen molar-refractivity contribution in [2.24, 2.45) is 0 Å². The molecule has 9 heteroatoms. The van der Waals surface area contributed by atoms with Gasteiger partial charge in [0, 0.05) is 17.3 Å². The molecule has 1 amide bonds. The van der Waals surface area contributed by atoms with Crippen LogP contribution in [-0.2, 0) is 4.79 Å². The van der Waals surface area contributed by atoms with Crippen molar-refractivity contribution in [1.82, 2.24) is 19.7 Å². The second-order valence-electron chi connectivity index (χ2n) is 7.07. The second-order valence-corrected chi connectivity index (χ2v) is 8.02. The van der Waals surface area contributed by atoms with Crippen LogP contribution in [0.2, 0.25) is 0 Å². The minimum Gasteiger partial charge on any atom is -0.497 e. The third kappa shape index (κ3) is 4.33. The van der Waals surface area contributed by atoms with Crippen LogP contribution in [0.15, 0.2) is 29.4 Å². The molecule has 0 bridgehead atoms. The molecular weight excluding hydrogens is 400 g/mol. The van der Waals surface area contributed by atoms with Crippen molar-refractivity contribution in [2.75, 3.05) is 18.2 Å². The first-order valence-electron chi connectivity index (χ1n) is 9.47. The Kier molecular flexibility index (Phi) is 6.47. The fourth-order valence-electron chi connectivity index (χ4n) is 2.99. The van der Waals surface area contributed by atoms with E-state index < -0.39 is 0 Å². The molecule has 0 spiro atoms. The topological polar surface area (TPSA) is 109 Å². The van der Waals surface area contributed by atoms with Crippen LogP contribution >= 0.6 is 11.8 Å². The molecule has 0 aliphatic rings. The summed E-state index contributed by atoms with van der Waals surface area (Å²) in [6.45, 7) is 7.83. The van der Waals surface area contributed by atoms with Gasteiger partial charge in [0.1, 0.15) is 23.5 Å². The van der Waals surface area contributed by atoms with E-state index in [-0.39, 0.29) is 17.6 Å². The predicted octanol–water partition coefficient (Wildman–Crippen LogP) is 3.95. The summed E-state index contributed by atoms with van der Waals surface area (Å²) >= 11 is 1.24. The van der Waals surface area contributed by atoms with Gasteiger partial charge in [-0.1, -0.05) is 25.6 Å². The Morgan fingerprint density at radius 2 is 2.03 bits per heavy atom. The third-order valence-electron chi connectivity index (χ3n) is 4.78. The van der Waals surface area contributed by atoms with Crippen molar-refractivity contribution in [3.8, 4) is 17.5 Å². The van der Waals surface area contributed by atoms with Gasteiger partial charge in [0.2, 0.25) is 11.1 Å². The maximum Gasteiger partial charge on any atom is 0.236 e. The zero-order valence-corrected chi connectivity index (χ0v) is 18.4. The van der Waals surface area contributed by atoms with E-state index in [0.717, 1.165) is 28.5 Å². The minimum absolute atomic E-state index is 0.131. The summed E-state index contributed by atoms with van der Waals surface area (Å²) in [6, 6.07) is 9.67. The average Bonchev–Trinajstić information content (AvgIpc) is 3.30.